The predicted octanol–water partition coefficient (Wildman–Crippen LogP) is 4.40. The van der Waals surface area contributed by atoms with E-state index in [2.05, 4.69) is 54.0 Å². The molecule has 3 nitrogen and oxygen atoms in total. The highest BCUT2D eigenvalue weighted by Crippen LogP contribution is 2.17. The predicted molar refractivity (Wildman–Crippen MR) is 82.6 cm³/mol. The Labute approximate surface area is 127 Å². The molecule has 0 saturated heterocycles. The topological polar surface area (TPSA) is 33.5 Å². The monoisotopic (exact) mass is 335 g/mol. The largest absolute Gasteiger partial charge is 0.444 e. The molecule has 0 atom stereocenters. The Morgan fingerprint density at radius 1 is 1.20 bits per heavy atom. The smallest absolute Gasteiger partial charge is 0.289 e. The lowest BCUT2D eigenvalue weighted by molar-refractivity contribution is 0.0709. The molecule has 0 saturated carbocycles. The second-order valence-electron chi connectivity index (χ2n) is 4.82. The Balaban J connectivity index is 2.14. The molecule has 106 valence electrons. The van der Waals surface area contributed by atoms with Crippen molar-refractivity contribution in [2.45, 2.75) is 26.8 Å². The normalized spacial score (nSPS) is 10.6. The summed E-state index contributed by atoms with van der Waals surface area (Å²) in [5, 5.41) is 0. The van der Waals surface area contributed by atoms with Gasteiger partial charge < -0.3 is 9.32 Å². The Morgan fingerprint density at radius 2 is 1.90 bits per heavy atom. The van der Waals surface area contributed by atoms with Crippen LogP contribution in [0.1, 0.15) is 35.0 Å². The minimum Gasteiger partial charge on any atom is -0.444 e. The highest BCUT2D eigenvalue weighted by Gasteiger charge is 2.18. The molecule has 1 aromatic heterocycles. The van der Waals surface area contributed by atoms with E-state index in [-0.39, 0.29) is 5.91 Å². The number of benzene rings is 1. The van der Waals surface area contributed by atoms with E-state index in [0.29, 0.717) is 23.5 Å². The lowest BCUT2D eigenvalue weighted by Crippen LogP contribution is -2.31. The highest BCUT2D eigenvalue weighted by atomic mass is 79.9. The van der Waals surface area contributed by atoms with Crippen molar-refractivity contribution in [2.75, 3.05) is 6.54 Å². The molecule has 0 spiro atoms. The van der Waals surface area contributed by atoms with Gasteiger partial charge >= 0.3 is 0 Å². The molecule has 20 heavy (non-hydrogen) atoms. The molecule has 0 N–H and O–H groups in total. The first kappa shape index (κ1) is 14.9. The van der Waals surface area contributed by atoms with Crippen LogP contribution >= 0.6 is 15.9 Å². The molecule has 0 radical (unpaired) electrons. The minimum atomic E-state index is -0.0712. The fourth-order valence-corrected chi connectivity index (χ4v) is 2.33. The second-order valence-corrected chi connectivity index (χ2v) is 5.60. The van der Waals surface area contributed by atoms with Gasteiger partial charge in [-0.05, 0) is 47.0 Å². The lowest BCUT2D eigenvalue weighted by atomic mass is 10.1. The number of carbonyl (C=O) groups is 1. The molecule has 2 aromatic rings. The van der Waals surface area contributed by atoms with Crippen molar-refractivity contribution in [3.05, 3.63) is 58.0 Å². The number of hydrogen-bond acceptors (Lipinski definition) is 2. The standard InChI is InChI=1S/C16H18BrNO2/c1-3-10-18(11-13-6-4-12(2)5-7-13)16(19)14-8-9-15(17)20-14/h4-9H,3,10-11H2,1-2H3. The molecule has 0 bridgehead atoms. The van der Waals surface area contributed by atoms with Crippen LogP contribution in [-0.2, 0) is 6.54 Å². The number of halogens is 1. The third-order valence-electron chi connectivity index (χ3n) is 3.06. The first-order valence-electron chi connectivity index (χ1n) is 6.70. The molecule has 1 aromatic carbocycles. The summed E-state index contributed by atoms with van der Waals surface area (Å²) in [4.78, 5) is 14.2. The van der Waals surface area contributed by atoms with Crippen LogP contribution in [-0.4, -0.2) is 17.4 Å². The van der Waals surface area contributed by atoms with Crippen LogP contribution in [0.25, 0.3) is 0 Å². The van der Waals surface area contributed by atoms with Gasteiger partial charge in [0.1, 0.15) is 0 Å². The van der Waals surface area contributed by atoms with Crippen molar-refractivity contribution >= 4 is 21.8 Å². The van der Waals surface area contributed by atoms with Crippen molar-refractivity contribution < 1.29 is 9.21 Å². The summed E-state index contributed by atoms with van der Waals surface area (Å²) in [6.45, 7) is 5.43. The van der Waals surface area contributed by atoms with Gasteiger partial charge in [0.25, 0.3) is 5.91 Å². The zero-order chi connectivity index (χ0) is 14.5. The zero-order valence-corrected chi connectivity index (χ0v) is 13.3. The average molecular weight is 336 g/mol. The van der Waals surface area contributed by atoms with E-state index in [1.54, 1.807) is 12.1 Å². The van der Waals surface area contributed by atoms with E-state index in [0.717, 1.165) is 12.0 Å². The maximum absolute atomic E-state index is 12.4. The summed E-state index contributed by atoms with van der Waals surface area (Å²) in [5.74, 6) is 0.301. The fourth-order valence-electron chi connectivity index (χ4n) is 2.02. The van der Waals surface area contributed by atoms with Gasteiger partial charge in [0.2, 0.25) is 0 Å². The molecule has 0 aliphatic rings. The summed E-state index contributed by atoms with van der Waals surface area (Å²) >= 11 is 3.23. The van der Waals surface area contributed by atoms with Gasteiger partial charge in [-0.3, -0.25) is 4.79 Å². The van der Waals surface area contributed by atoms with Crippen LogP contribution in [0.4, 0.5) is 0 Å². The van der Waals surface area contributed by atoms with E-state index >= 15 is 0 Å². The van der Waals surface area contributed by atoms with Crippen LogP contribution in [0.3, 0.4) is 0 Å². The molecule has 1 amide bonds. The van der Waals surface area contributed by atoms with Gasteiger partial charge in [-0.2, -0.15) is 0 Å². The first-order chi connectivity index (χ1) is 9.60. The SMILES string of the molecule is CCCN(Cc1ccc(C)cc1)C(=O)c1ccc(Br)o1. The maximum atomic E-state index is 12.4. The van der Waals surface area contributed by atoms with Crippen molar-refractivity contribution in [3.8, 4) is 0 Å². The molecule has 2 rings (SSSR count). The van der Waals surface area contributed by atoms with Gasteiger partial charge in [0.05, 0.1) is 0 Å². The first-order valence-corrected chi connectivity index (χ1v) is 7.49. The summed E-state index contributed by atoms with van der Waals surface area (Å²) in [5.41, 5.74) is 2.35. The lowest BCUT2D eigenvalue weighted by Gasteiger charge is -2.21. The molecule has 1 heterocycles. The summed E-state index contributed by atoms with van der Waals surface area (Å²) < 4.78 is 5.93. The minimum absolute atomic E-state index is 0.0712. The van der Waals surface area contributed by atoms with Crippen molar-refractivity contribution in [1.29, 1.82) is 0 Å². The van der Waals surface area contributed by atoms with E-state index in [1.165, 1.54) is 5.56 Å². The van der Waals surface area contributed by atoms with E-state index in [9.17, 15) is 4.79 Å². The van der Waals surface area contributed by atoms with Crippen molar-refractivity contribution in [2.24, 2.45) is 0 Å². The van der Waals surface area contributed by atoms with Crippen LogP contribution in [0.15, 0.2) is 45.5 Å². The molecular weight excluding hydrogens is 318 g/mol. The second kappa shape index (κ2) is 6.75. The quantitative estimate of drug-likeness (QED) is 0.811. The van der Waals surface area contributed by atoms with E-state index in [1.807, 2.05) is 4.90 Å². The van der Waals surface area contributed by atoms with Crippen LogP contribution in [0.5, 0.6) is 0 Å². The van der Waals surface area contributed by atoms with Gasteiger partial charge in [-0.15, -0.1) is 0 Å². The van der Waals surface area contributed by atoms with Crippen molar-refractivity contribution in [1.82, 2.24) is 4.90 Å². The zero-order valence-electron chi connectivity index (χ0n) is 11.7. The highest BCUT2D eigenvalue weighted by molar-refractivity contribution is 9.10. The van der Waals surface area contributed by atoms with Crippen LogP contribution in [0.2, 0.25) is 0 Å². The molecule has 0 unspecified atom stereocenters. The number of aryl methyl sites for hydroxylation is 1. The van der Waals surface area contributed by atoms with Gasteiger partial charge in [0.15, 0.2) is 10.4 Å². The fraction of sp³-hybridized carbons (Fsp3) is 0.312. The maximum Gasteiger partial charge on any atom is 0.289 e. The molecular formula is C16H18BrNO2. The Bertz CT molecular complexity index is 574. The van der Waals surface area contributed by atoms with Gasteiger partial charge in [-0.1, -0.05) is 36.8 Å². The number of carbonyl (C=O) groups excluding carboxylic acids is 1. The molecule has 0 aliphatic carbocycles. The van der Waals surface area contributed by atoms with Crippen LogP contribution < -0.4 is 0 Å². The summed E-state index contributed by atoms with van der Waals surface area (Å²) in [6.07, 6.45) is 0.916. The third-order valence-corrected chi connectivity index (χ3v) is 3.48. The Hall–Kier alpha value is -1.55. The Morgan fingerprint density at radius 3 is 2.45 bits per heavy atom. The van der Waals surface area contributed by atoms with E-state index < -0.39 is 0 Å². The number of furan rings is 1. The van der Waals surface area contributed by atoms with Crippen molar-refractivity contribution in [3.63, 3.8) is 0 Å². The Kier molecular flexibility index (Phi) is 5.01. The van der Waals surface area contributed by atoms with Gasteiger partial charge in [-0.25, -0.2) is 0 Å². The number of nitrogens with zero attached hydrogens (tertiary/aromatic N) is 1. The summed E-state index contributed by atoms with van der Waals surface area (Å²) in [7, 11) is 0. The molecule has 0 fully saturated rings. The summed E-state index contributed by atoms with van der Waals surface area (Å²) in [6, 6.07) is 11.7. The average Bonchev–Trinajstić information content (AvgIpc) is 2.86. The van der Waals surface area contributed by atoms with E-state index in [4.69, 9.17) is 4.42 Å². The molecule has 4 heteroatoms. The number of hydrogen-bond donors (Lipinski definition) is 0. The van der Waals surface area contributed by atoms with Crippen LogP contribution in [0, 0.1) is 6.92 Å². The number of rotatable bonds is 5. The van der Waals surface area contributed by atoms with Gasteiger partial charge in [0, 0.05) is 13.1 Å². The number of amides is 1. The molecule has 0 aliphatic heterocycles. The third kappa shape index (κ3) is 3.73.